The number of carbonyl (C=O) groups is 1. The molecule has 2 aliphatic heterocycles. The van der Waals surface area contributed by atoms with Crippen LogP contribution in [0.2, 0.25) is 5.02 Å². The van der Waals surface area contributed by atoms with Gasteiger partial charge in [0.1, 0.15) is 23.7 Å². The Morgan fingerprint density at radius 2 is 2.10 bits per heavy atom. The molecule has 0 bridgehead atoms. The maximum absolute atomic E-state index is 13.6. The quantitative estimate of drug-likeness (QED) is 0.323. The van der Waals surface area contributed by atoms with E-state index >= 15 is 0 Å². The number of fused-ring (bicyclic) bond motifs is 2. The summed E-state index contributed by atoms with van der Waals surface area (Å²) in [4.78, 5) is 23.7. The fourth-order valence-corrected chi connectivity index (χ4v) is 5.49. The predicted octanol–water partition coefficient (Wildman–Crippen LogP) is 4.00. The van der Waals surface area contributed by atoms with Gasteiger partial charge in [-0.05, 0) is 42.5 Å². The highest BCUT2D eigenvalue weighted by atomic mass is 35.5. The molecular formula is C28H29ClFN5O4. The Hall–Kier alpha value is -3.31. The summed E-state index contributed by atoms with van der Waals surface area (Å²) in [6.45, 7) is 3.70. The van der Waals surface area contributed by atoms with Crippen molar-refractivity contribution < 1.29 is 23.8 Å². The third kappa shape index (κ3) is 5.56. The molecule has 3 aromatic rings. The van der Waals surface area contributed by atoms with Gasteiger partial charge in [0.15, 0.2) is 0 Å². The molecule has 204 valence electrons. The van der Waals surface area contributed by atoms with Gasteiger partial charge in [-0.1, -0.05) is 17.7 Å². The van der Waals surface area contributed by atoms with Crippen molar-refractivity contribution >= 4 is 45.6 Å². The molecular weight excluding hydrogens is 525 g/mol. The summed E-state index contributed by atoms with van der Waals surface area (Å²) >= 11 is 5.95. The number of likely N-dealkylation sites (tertiary alicyclic amines) is 1. The van der Waals surface area contributed by atoms with Gasteiger partial charge in [0.05, 0.1) is 42.7 Å². The number of aliphatic hydroxyl groups is 1. The summed E-state index contributed by atoms with van der Waals surface area (Å²) in [6.07, 6.45) is 5.67. The number of ether oxygens (including phenoxy) is 2. The molecule has 11 heteroatoms. The molecule has 1 unspecified atom stereocenters. The molecule has 3 N–H and O–H groups in total. The lowest BCUT2D eigenvalue weighted by Gasteiger charge is -2.39. The van der Waals surface area contributed by atoms with Crippen LogP contribution in [0.5, 0.6) is 5.75 Å². The van der Waals surface area contributed by atoms with Crippen molar-refractivity contribution in [2.75, 3.05) is 50.2 Å². The molecule has 3 fully saturated rings. The van der Waals surface area contributed by atoms with Gasteiger partial charge in [-0.3, -0.25) is 9.69 Å². The highest BCUT2D eigenvalue weighted by Gasteiger charge is 2.54. The minimum absolute atomic E-state index is 0.00688. The van der Waals surface area contributed by atoms with Crippen LogP contribution in [0.4, 0.5) is 21.6 Å². The molecule has 1 aliphatic carbocycles. The fraction of sp³-hybridized carbons (Fsp3) is 0.393. The second-order valence-corrected chi connectivity index (χ2v) is 10.6. The van der Waals surface area contributed by atoms with Crippen LogP contribution >= 0.6 is 11.6 Å². The molecule has 4 atom stereocenters. The first-order valence-corrected chi connectivity index (χ1v) is 13.4. The molecule has 2 saturated heterocycles. The Kier molecular flexibility index (Phi) is 7.35. The van der Waals surface area contributed by atoms with Crippen LogP contribution in [0.25, 0.3) is 10.9 Å². The number of hydrogen-bond acceptors (Lipinski definition) is 8. The van der Waals surface area contributed by atoms with Gasteiger partial charge in [-0.25, -0.2) is 14.4 Å². The molecule has 1 amide bonds. The first-order valence-electron chi connectivity index (χ1n) is 13.0. The smallest absolute Gasteiger partial charge is 0.248 e. The van der Waals surface area contributed by atoms with E-state index in [9.17, 15) is 14.3 Å². The van der Waals surface area contributed by atoms with Crippen molar-refractivity contribution in [3.63, 3.8) is 0 Å². The van der Waals surface area contributed by atoms with Crippen LogP contribution in [0, 0.1) is 23.6 Å². The topological polar surface area (TPSA) is 109 Å². The highest BCUT2D eigenvalue weighted by Crippen LogP contribution is 2.51. The number of aromatic nitrogens is 2. The van der Waals surface area contributed by atoms with Gasteiger partial charge in [0, 0.05) is 48.3 Å². The van der Waals surface area contributed by atoms with Gasteiger partial charge >= 0.3 is 0 Å². The Bertz CT molecular complexity index is 1410. The second-order valence-electron chi connectivity index (χ2n) is 10.2. The molecule has 3 heterocycles. The van der Waals surface area contributed by atoms with Gasteiger partial charge < -0.3 is 25.2 Å². The standard InChI is InChI=1S/C28H29ClFN5O4/c29-22-8-16(3-4-23(22)30)33-28-18-9-25(34-27(37)2-1-6-35-7-5-17(35)11-36)26(10-24(18)31-15-32-28)39-14-21-19-12-38-13-20(19)21/h1-4,8-10,15,17,19-21,36H,5-7,11-14H2,(H,34,37)(H,31,32,33)/b2-1+/t17?,19-,20+,21+. The molecule has 1 saturated carbocycles. The third-order valence-electron chi connectivity index (χ3n) is 7.82. The zero-order valence-electron chi connectivity index (χ0n) is 21.1. The van der Waals surface area contributed by atoms with Crippen LogP contribution in [-0.4, -0.2) is 71.4 Å². The maximum Gasteiger partial charge on any atom is 0.248 e. The lowest BCUT2D eigenvalue weighted by atomic mass is 10.0. The van der Waals surface area contributed by atoms with Gasteiger partial charge in [0.25, 0.3) is 0 Å². The summed E-state index contributed by atoms with van der Waals surface area (Å²) in [5.41, 5.74) is 1.67. The normalized spacial score (nSPS) is 24.0. The number of benzene rings is 2. The maximum atomic E-state index is 13.6. The van der Waals surface area contributed by atoms with E-state index in [0.29, 0.717) is 64.8 Å². The minimum Gasteiger partial charge on any atom is -0.491 e. The number of carbonyl (C=O) groups excluding carboxylic acids is 1. The zero-order chi connectivity index (χ0) is 26.9. The molecule has 0 spiro atoms. The number of nitrogens with zero attached hydrogens (tertiary/aromatic N) is 3. The Labute approximate surface area is 230 Å². The van der Waals surface area contributed by atoms with E-state index in [4.69, 9.17) is 21.1 Å². The monoisotopic (exact) mass is 553 g/mol. The van der Waals surface area contributed by atoms with Crippen LogP contribution in [0.3, 0.4) is 0 Å². The SMILES string of the molecule is O=C(/C=C/CN1CCC1CO)Nc1cc2c(Nc3ccc(F)c(Cl)c3)ncnc2cc1OC[C@H]1[C@@H]2COC[C@@H]21. The number of aliphatic hydroxyl groups excluding tert-OH is 1. The summed E-state index contributed by atoms with van der Waals surface area (Å²) in [5, 5.41) is 16.1. The largest absolute Gasteiger partial charge is 0.491 e. The molecule has 3 aliphatic rings. The fourth-order valence-electron chi connectivity index (χ4n) is 5.31. The van der Waals surface area contributed by atoms with Crippen LogP contribution in [-0.2, 0) is 9.53 Å². The van der Waals surface area contributed by atoms with E-state index in [-0.39, 0.29) is 23.6 Å². The Balaban J connectivity index is 1.24. The molecule has 6 rings (SSSR count). The molecule has 9 nitrogen and oxygen atoms in total. The van der Waals surface area contributed by atoms with E-state index in [2.05, 4.69) is 25.5 Å². The van der Waals surface area contributed by atoms with Crippen molar-refractivity contribution in [1.82, 2.24) is 14.9 Å². The van der Waals surface area contributed by atoms with Crippen LogP contribution in [0.1, 0.15) is 6.42 Å². The van der Waals surface area contributed by atoms with Crippen LogP contribution < -0.4 is 15.4 Å². The first kappa shape index (κ1) is 25.9. The lowest BCUT2D eigenvalue weighted by molar-refractivity contribution is -0.111. The van der Waals surface area contributed by atoms with Crippen molar-refractivity contribution in [1.29, 1.82) is 0 Å². The van der Waals surface area contributed by atoms with Gasteiger partial charge in [-0.2, -0.15) is 0 Å². The number of halogens is 2. The average Bonchev–Trinajstić information content (AvgIpc) is 3.32. The predicted molar refractivity (Wildman–Crippen MR) is 146 cm³/mol. The van der Waals surface area contributed by atoms with E-state index in [1.165, 1.54) is 24.5 Å². The van der Waals surface area contributed by atoms with E-state index < -0.39 is 5.82 Å². The number of hydrogen-bond donors (Lipinski definition) is 3. The summed E-state index contributed by atoms with van der Waals surface area (Å²) in [5.74, 6) is 1.71. The van der Waals surface area contributed by atoms with E-state index in [0.717, 1.165) is 26.2 Å². The first-order chi connectivity index (χ1) is 19.0. The number of nitrogens with one attached hydrogen (secondary N) is 2. The highest BCUT2D eigenvalue weighted by molar-refractivity contribution is 6.31. The lowest BCUT2D eigenvalue weighted by Crippen LogP contribution is -2.49. The molecule has 39 heavy (non-hydrogen) atoms. The molecule has 1 aromatic heterocycles. The number of anilines is 3. The Morgan fingerprint density at radius 1 is 1.26 bits per heavy atom. The summed E-state index contributed by atoms with van der Waals surface area (Å²) in [6, 6.07) is 8.05. The van der Waals surface area contributed by atoms with E-state index in [1.807, 2.05) is 0 Å². The molecule has 2 aromatic carbocycles. The third-order valence-corrected chi connectivity index (χ3v) is 8.11. The number of amides is 1. The minimum atomic E-state index is -0.512. The van der Waals surface area contributed by atoms with Gasteiger partial charge in [-0.15, -0.1) is 0 Å². The van der Waals surface area contributed by atoms with Gasteiger partial charge in [0.2, 0.25) is 5.91 Å². The second kappa shape index (κ2) is 11.1. The summed E-state index contributed by atoms with van der Waals surface area (Å²) in [7, 11) is 0. The van der Waals surface area contributed by atoms with Crippen molar-refractivity contribution in [3.05, 3.63) is 59.7 Å². The van der Waals surface area contributed by atoms with Crippen molar-refractivity contribution in [3.8, 4) is 5.75 Å². The number of rotatable bonds is 10. The average molecular weight is 554 g/mol. The Morgan fingerprint density at radius 3 is 2.85 bits per heavy atom. The zero-order valence-corrected chi connectivity index (χ0v) is 21.9. The van der Waals surface area contributed by atoms with Crippen molar-refractivity contribution in [2.24, 2.45) is 17.8 Å². The van der Waals surface area contributed by atoms with Crippen LogP contribution in [0.15, 0.2) is 48.8 Å². The molecule has 0 radical (unpaired) electrons. The van der Waals surface area contributed by atoms with Crippen molar-refractivity contribution in [2.45, 2.75) is 12.5 Å². The van der Waals surface area contributed by atoms with E-state index in [1.54, 1.807) is 24.3 Å². The summed E-state index contributed by atoms with van der Waals surface area (Å²) < 4.78 is 25.4.